The third-order valence-electron chi connectivity index (χ3n) is 8.90. The van der Waals surface area contributed by atoms with Gasteiger partial charge in [0, 0.05) is 24.3 Å². The predicted molar refractivity (Wildman–Crippen MR) is 146 cm³/mol. The van der Waals surface area contributed by atoms with Crippen molar-refractivity contribution in [2.24, 2.45) is 17.8 Å². The summed E-state index contributed by atoms with van der Waals surface area (Å²) in [5, 5.41) is 6.22. The van der Waals surface area contributed by atoms with Gasteiger partial charge in [0.15, 0.2) is 0 Å². The molecule has 3 fully saturated rings. The summed E-state index contributed by atoms with van der Waals surface area (Å²) in [4.78, 5) is 43.5. The van der Waals surface area contributed by atoms with E-state index in [9.17, 15) is 14.4 Å². The van der Waals surface area contributed by atoms with E-state index in [1.807, 2.05) is 42.5 Å². The fraction of sp³-hybridized carbons (Fsp3) is 0.452. The van der Waals surface area contributed by atoms with Crippen LogP contribution in [0.15, 0.2) is 66.7 Å². The van der Waals surface area contributed by atoms with Gasteiger partial charge in [0.1, 0.15) is 17.4 Å². The van der Waals surface area contributed by atoms with E-state index >= 15 is 0 Å². The highest BCUT2D eigenvalue weighted by molar-refractivity contribution is 6.02. The monoisotopic (exact) mass is 529 g/mol. The van der Waals surface area contributed by atoms with Gasteiger partial charge in [-0.1, -0.05) is 68.3 Å². The molecule has 8 nitrogen and oxygen atoms in total. The second-order valence-electron chi connectivity index (χ2n) is 11.3. The van der Waals surface area contributed by atoms with E-state index in [0.717, 1.165) is 24.8 Å². The first-order chi connectivity index (χ1) is 18.9. The summed E-state index contributed by atoms with van der Waals surface area (Å²) in [6, 6.07) is 15.9. The number of hydrogen-bond donors (Lipinski definition) is 2. The van der Waals surface area contributed by atoms with Crippen LogP contribution >= 0.6 is 0 Å². The maximum atomic E-state index is 14.1. The number of nitrogens with one attached hydrogen (secondary N) is 2. The lowest BCUT2D eigenvalue weighted by molar-refractivity contribution is -0.142. The minimum atomic E-state index is -1.19. The van der Waals surface area contributed by atoms with Gasteiger partial charge in [-0.3, -0.25) is 14.4 Å². The molecule has 2 aromatic rings. The number of benzene rings is 2. The second-order valence-corrected chi connectivity index (χ2v) is 11.3. The van der Waals surface area contributed by atoms with Crippen LogP contribution < -0.4 is 15.4 Å². The molecule has 0 aromatic heterocycles. The van der Waals surface area contributed by atoms with Gasteiger partial charge in [-0.15, -0.1) is 0 Å². The first-order valence-corrected chi connectivity index (χ1v) is 13.9. The number of nitrogens with zero attached hydrogens (tertiary/aromatic N) is 1. The fourth-order valence-electron chi connectivity index (χ4n) is 6.94. The lowest BCUT2D eigenvalue weighted by atomic mass is 9.74. The summed E-state index contributed by atoms with van der Waals surface area (Å²) < 4.78 is 11.8. The van der Waals surface area contributed by atoms with Gasteiger partial charge in [0.25, 0.3) is 0 Å². The Kier molecular flexibility index (Phi) is 6.67. The van der Waals surface area contributed by atoms with Crippen LogP contribution in [0.3, 0.4) is 0 Å². The van der Waals surface area contributed by atoms with Crippen molar-refractivity contribution in [2.75, 3.05) is 12.4 Å². The molecule has 0 unspecified atom stereocenters. The summed E-state index contributed by atoms with van der Waals surface area (Å²) in [5.41, 5.74) is 0.309. The standard InChI is InChI=1S/C31H35N3O5/c1-19-9-6-7-14-23(19)33-29(36)27-31-16-15-24(39-31)25(28(35)32-21-12-8-13-22(17-21)38-2)26(31)30(37)34(27)18-20-10-4-3-5-11-20/h3-5,8,10-13,15-17,19,23-27H,6-7,9,14,18H2,1-2H3,(H,32,35)(H,33,36)/t19-,23+,24+,25-,26+,27+,31+/m1/s1. The van der Waals surface area contributed by atoms with Gasteiger partial charge in [-0.2, -0.15) is 0 Å². The molecule has 3 aliphatic heterocycles. The lowest BCUT2D eigenvalue weighted by Crippen LogP contribution is -2.57. The molecule has 3 heterocycles. The fourth-order valence-corrected chi connectivity index (χ4v) is 6.94. The molecule has 2 bridgehead atoms. The number of methoxy groups -OCH3 is 1. The zero-order valence-corrected chi connectivity index (χ0v) is 22.3. The molecule has 3 amide bonds. The Morgan fingerprint density at radius 2 is 1.87 bits per heavy atom. The molecule has 204 valence electrons. The number of ether oxygens (including phenoxy) is 2. The van der Waals surface area contributed by atoms with Crippen molar-refractivity contribution < 1.29 is 23.9 Å². The molecule has 4 aliphatic rings. The summed E-state index contributed by atoms with van der Waals surface area (Å²) in [6.45, 7) is 2.44. The lowest BCUT2D eigenvalue weighted by Gasteiger charge is -2.36. The summed E-state index contributed by atoms with van der Waals surface area (Å²) >= 11 is 0. The van der Waals surface area contributed by atoms with Gasteiger partial charge in [-0.25, -0.2) is 0 Å². The van der Waals surface area contributed by atoms with Gasteiger partial charge in [0.05, 0.1) is 25.0 Å². The zero-order chi connectivity index (χ0) is 27.1. The van der Waals surface area contributed by atoms with E-state index in [0.29, 0.717) is 17.4 Å². The average molecular weight is 530 g/mol. The second kappa shape index (κ2) is 10.2. The van der Waals surface area contributed by atoms with Gasteiger partial charge in [-0.05, 0) is 36.5 Å². The topological polar surface area (TPSA) is 97.0 Å². The molecule has 2 saturated heterocycles. The maximum Gasteiger partial charge on any atom is 0.246 e. The van der Waals surface area contributed by atoms with Crippen molar-refractivity contribution in [2.45, 2.75) is 62.9 Å². The number of fused-ring (bicyclic) bond motifs is 1. The van der Waals surface area contributed by atoms with E-state index in [4.69, 9.17) is 9.47 Å². The highest BCUT2D eigenvalue weighted by Gasteiger charge is 2.72. The third kappa shape index (κ3) is 4.40. The van der Waals surface area contributed by atoms with Crippen LogP contribution in [0.4, 0.5) is 5.69 Å². The molecule has 39 heavy (non-hydrogen) atoms. The Morgan fingerprint density at radius 1 is 1.08 bits per heavy atom. The number of rotatable bonds is 7. The smallest absolute Gasteiger partial charge is 0.246 e. The average Bonchev–Trinajstić information content (AvgIpc) is 3.58. The number of carbonyl (C=O) groups excluding carboxylic acids is 3. The number of hydrogen-bond acceptors (Lipinski definition) is 5. The minimum Gasteiger partial charge on any atom is -0.497 e. The molecule has 8 heteroatoms. The van der Waals surface area contributed by atoms with Gasteiger partial charge >= 0.3 is 0 Å². The Balaban J connectivity index is 1.32. The van der Waals surface area contributed by atoms with Crippen LogP contribution in [0.25, 0.3) is 0 Å². The molecular weight excluding hydrogens is 494 g/mol. The Labute approximate surface area is 228 Å². The van der Waals surface area contributed by atoms with Crippen LogP contribution in [-0.4, -0.2) is 53.5 Å². The normalized spacial score (nSPS) is 32.7. The van der Waals surface area contributed by atoms with E-state index in [-0.39, 0.29) is 30.3 Å². The first kappa shape index (κ1) is 25.6. The third-order valence-corrected chi connectivity index (χ3v) is 8.90. The summed E-state index contributed by atoms with van der Waals surface area (Å²) in [7, 11) is 1.57. The van der Waals surface area contributed by atoms with Crippen molar-refractivity contribution in [1.82, 2.24) is 10.2 Å². The van der Waals surface area contributed by atoms with Crippen LogP contribution in [0.2, 0.25) is 0 Å². The van der Waals surface area contributed by atoms with E-state index < -0.39 is 29.6 Å². The SMILES string of the molecule is COc1cccc(NC(=O)[C@@H]2[C@@H]3C=C[C@]4(O3)[C@@H]2C(=O)N(Cc2ccccc2)[C@H]4C(=O)N[C@H]2CCCC[C@H]2C)c1. The van der Waals surface area contributed by atoms with Crippen LogP contribution in [0.5, 0.6) is 5.75 Å². The van der Waals surface area contributed by atoms with E-state index in [1.54, 1.807) is 36.3 Å². The van der Waals surface area contributed by atoms with Crippen molar-refractivity contribution in [3.05, 3.63) is 72.3 Å². The van der Waals surface area contributed by atoms with Crippen molar-refractivity contribution in [1.29, 1.82) is 0 Å². The summed E-state index contributed by atoms with van der Waals surface area (Å²) in [6.07, 6.45) is 7.36. The molecule has 2 aromatic carbocycles. The number of amides is 3. The minimum absolute atomic E-state index is 0.0603. The van der Waals surface area contributed by atoms with Crippen LogP contribution in [-0.2, 0) is 25.7 Å². The maximum absolute atomic E-state index is 14.1. The first-order valence-electron chi connectivity index (χ1n) is 13.9. The van der Waals surface area contributed by atoms with Gasteiger partial charge < -0.3 is 25.0 Å². The summed E-state index contributed by atoms with van der Waals surface area (Å²) in [5.74, 6) is -1.30. The Bertz CT molecular complexity index is 1300. The van der Waals surface area contributed by atoms with Crippen molar-refractivity contribution in [3.63, 3.8) is 0 Å². The van der Waals surface area contributed by atoms with Crippen molar-refractivity contribution in [3.8, 4) is 5.75 Å². The van der Waals surface area contributed by atoms with Crippen LogP contribution in [0, 0.1) is 17.8 Å². The molecule has 1 aliphatic carbocycles. The molecular formula is C31H35N3O5. The predicted octanol–water partition coefficient (Wildman–Crippen LogP) is 3.68. The Morgan fingerprint density at radius 3 is 2.64 bits per heavy atom. The molecule has 1 spiro atoms. The largest absolute Gasteiger partial charge is 0.497 e. The molecule has 6 rings (SSSR count). The Hall–Kier alpha value is -3.65. The molecule has 0 radical (unpaired) electrons. The molecule has 2 N–H and O–H groups in total. The number of likely N-dealkylation sites (tertiary alicyclic amines) is 1. The van der Waals surface area contributed by atoms with Crippen LogP contribution in [0.1, 0.15) is 38.2 Å². The van der Waals surface area contributed by atoms with E-state index in [2.05, 4.69) is 17.6 Å². The molecule has 7 atom stereocenters. The number of carbonyl (C=O) groups is 3. The van der Waals surface area contributed by atoms with E-state index in [1.165, 1.54) is 6.42 Å². The van der Waals surface area contributed by atoms with Crippen molar-refractivity contribution >= 4 is 23.4 Å². The quantitative estimate of drug-likeness (QED) is 0.534. The zero-order valence-electron chi connectivity index (χ0n) is 22.3. The number of anilines is 1. The highest BCUT2D eigenvalue weighted by Crippen LogP contribution is 2.55. The molecule has 1 saturated carbocycles. The van der Waals surface area contributed by atoms with Gasteiger partial charge in [0.2, 0.25) is 17.7 Å². The highest BCUT2D eigenvalue weighted by atomic mass is 16.5.